The molecule has 2 N–H and O–H groups in total. The van der Waals surface area contributed by atoms with Crippen LogP contribution in [0.4, 0.5) is 0 Å². The van der Waals surface area contributed by atoms with Gasteiger partial charge < -0.3 is 19.7 Å². The van der Waals surface area contributed by atoms with E-state index in [1.54, 1.807) is 6.07 Å². The molecule has 1 aromatic carbocycles. The number of nitrogens with zero attached hydrogens (tertiary/aromatic N) is 1. The van der Waals surface area contributed by atoms with Gasteiger partial charge in [0.2, 0.25) is 5.76 Å². The Labute approximate surface area is 141 Å². The van der Waals surface area contributed by atoms with Gasteiger partial charge >= 0.3 is 5.97 Å². The number of amidine groups is 1. The minimum atomic E-state index is -0.539. The van der Waals surface area contributed by atoms with Gasteiger partial charge in [-0.25, -0.2) is 4.79 Å². The summed E-state index contributed by atoms with van der Waals surface area (Å²) in [4.78, 5) is 16.5. The second-order valence-electron chi connectivity index (χ2n) is 6.33. The number of oxime groups is 1. The summed E-state index contributed by atoms with van der Waals surface area (Å²) in [5.74, 6) is 0.305. The number of furan rings is 1. The molecule has 0 spiro atoms. The summed E-state index contributed by atoms with van der Waals surface area (Å²) in [6, 6.07) is 11.0. The van der Waals surface area contributed by atoms with Crippen LogP contribution in [-0.2, 0) is 21.6 Å². The molecule has 0 fully saturated rings. The van der Waals surface area contributed by atoms with Crippen LogP contribution < -0.4 is 5.73 Å². The zero-order chi connectivity index (χ0) is 17.7. The lowest BCUT2D eigenvalue weighted by Crippen LogP contribution is -2.15. The van der Waals surface area contributed by atoms with Gasteiger partial charge in [0.15, 0.2) is 12.4 Å². The average molecular weight is 330 g/mol. The van der Waals surface area contributed by atoms with E-state index in [0.717, 1.165) is 5.56 Å². The molecule has 24 heavy (non-hydrogen) atoms. The fraction of sp³-hybridized carbons (Fsp3) is 0.333. The normalized spacial score (nSPS) is 12.1. The number of carbonyl (C=O) groups is 1. The fourth-order valence-electron chi connectivity index (χ4n) is 2.02. The Morgan fingerprint density at radius 2 is 1.83 bits per heavy atom. The quantitative estimate of drug-likeness (QED) is 0.394. The van der Waals surface area contributed by atoms with Gasteiger partial charge in [-0.1, -0.05) is 50.2 Å². The molecule has 1 aromatic heterocycles. The molecule has 0 saturated heterocycles. The average Bonchev–Trinajstić information content (AvgIpc) is 3.02. The monoisotopic (exact) mass is 330 g/mol. The molecule has 0 bridgehead atoms. The molecule has 6 nitrogen and oxygen atoms in total. The van der Waals surface area contributed by atoms with E-state index in [-0.39, 0.29) is 23.6 Å². The number of methoxy groups -OCH3 is 1. The number of rotatable bonds is 5. The van der Waals surface area contributed by atoms with Crippen LogP contribution in [0.5, 0.6) is 0 Å². The molecular weight excluding hydrogens is 308 g/mol. The summed E-state index contributed by atoms with van der Waals surface area (Å²) in [6.07, 6.45) is 0. The van der Waals surface area contributed by atoms with Gasteiger partial charge in [0, 0.05) is 5.56 Å². The van der Waals surface area contributed by atoms with Crippen molar-refractivity contribution < 1.29 is 18.8 Å². The molecule has 2 rings (SSSR count). The summed E-state index contributed by atoms with van der Waals surface area (Å²) in [5, 5.41) is 3.87. The van der Waals surface area contributed by atoms with Crippen molar-refractivity contribution in [2.75, 3.05) is 7.11 Å². The third-order valence-electron chi connectivity index (χ3n) is 3.46. The van der Waals surface area contributed by atoms with Gasteiger partial charge in [0.25, 0.3) is 0 Å². The minimum absolute atomic E-state index is 0.0672. The third-order valence-corrected chi connectivity index (χ3v) is 3.46. The second kappa shape index (κ2) is 7.21. The van der Waals surface area contributed by atoms with Crippen molar-refractivity contribution in [3.8, 4) is 0 Å². The SMILES string of the molecule is COC(=O)c1ccc(CO/N=C(/N)c2ccc(C(C)(C)C)cc2)o1. The van der Waals surface area contributed by atoms with Crippen LogP contribution in [0, 0.1) is 0 Å². The summed E-state index contributed by atoms with van der Waals surface area (Å²) >= 11 is 0. The van der Waals surface area contributed by atoms with Gasteiger partial charge in [0.1, 0.15) is 5.76 Å². The van der Waals surface area contributed by atoms with Crippen LogP contribution >= 0.6 is 0 Å². The molecule has 0 aliphatic rings. The highest BCUT2D eigenvalue weighted by Gasteiger charge is 2.13. The first-order valence-corrected chi connectivity index (χ1v) is 7.54. The zero-order valence-corrected chi connectivity index (χ0v) is 14.3. The van der Waals surface area contributed by atoms with E-state index in [9.17, 15) is 4.79 Å². The smallest absolute Gasteiger partial charge is 0.373 e. The van der Waals surface area contributed by atoms with E-state index in [1.165, 1.54) is 18.7 Å². The van der Waals surface area contributed by atoms with Crippen molar-refractivity contribution >= 4 is 11.8 Å². The van der Waals surface area contributed by atoms with Crippen molar-refractivity contribution in [2.24, 2.45) is 10.9 Å². The Hall–Kier alpha value is -2.76. The highest BCUT2D eigenvalue weighted by Crippen LogP contribution is 2.22. The number of esters is 1. The topological polar surface area (TPSA) is 87.0 Å². The lowest BCUT2D eigenvalue weighted by molar-refractivity contribution is 0.0553. The number of carbonyl (C=O) groups excluding carboxylic acids is 1. The number of hydrogen-bond donors (Lipinski definition) is 1. The Balaban J connectivity index is 1.96. The molecule has 128 valence electrons. The van der Waals surface area contributed by atoms with Crippen LogP contribution in [0.15, 0.2) is 46.0 Å². The molecule has 0 aliphatic heterocycles. The summed E-state index contributed by atoms with van der Waals surface area (Å²) in [6.45, 7) is 6.51. The molecule has 0 aliphatic carbocycles. The lowest BCUT2D eigenvalue weighted by atomic mass is 9.87. The maximum atomic E-state index is 11.3. The van der Waals surface area contributed by atoms with Gasteiger partial charge in [-0.2, -0.15) is 0 Å². The van der Waals surface area contributed by atoms with Crippen LogP contribution in [0.25, 0.3) is 0 Å². The van der Waals surface area contributed by atoms with Crippen molar-refractivity contribution in [2.45, 2.75) is 32.8 Å². The van der Waals surface area contributed by atoms with Crippen molar-refractivity contribution in [1.29, 1.82) is 0 Å². The molecule has 6 heteroatoms. The Morgan fingerprint density at radius 3 is 2.42 bits per heavy atom. The third kappa shape index (κ3) is 4.38. The highest BCUT2D eigenvalue weighted by atomic mass is 16.6. The molecule has 0 saturated carbocycles. The number of nitrogens with two attached hydrogens (primary N) is 1. The molecular formula is C18H22N2O4. The van der Waals surface area contributed by atoms with Crippen molar-refractivity contribution in [3.63, 3.8) is 0 Å². The predicted molar refractivity (Wildman–Crippen MR) is 90.7 cm³/mol. The molecule has 1 heterocycles. The first-order valence-electron chi connectivity index (χ1n) is 7.54. The minimum Gasteiger partial charge on any atom is -0.463 e. The van der Waals surface area contributed by atoms with E-state index in [4.69, 9.17) is 15.0 Å². The van der Waals surface area contributed by atoms with E-state index >= 15 is 0 Å². The maximum Gasteiger partial charge on any atom is 0.373 e. The lowest BCUT2D eigenvalue weighted by Gasteiger charge is -2.18. The molecule has 2 aromatic rings. The van der Waals surface area contributed by atoms with E-state index in [2.05, 4.69) is 30.7 Å². The molecule has 0 radical (unpaired) electrons. The largest absolute Gasteiger partial charge is 0.463 e. The maximum absolute atomic E-state index is 11.3. The second-order valence-corrected chi connectivity index (χ2v) is 6.33. The summed E-state index contributed by atoms with van der Waals surface area (Å²) in [5.41, 5.74) is 7.98. The Bertz CT molecular complexity index is 724. The van der Waals surface area contributed by atoms with Crippen molar-refractivity contribution in [3.05, 3.63) is 59.0 Å². The standard InChI is InChI=1S/C18H22N2O4/c1-18(2,3)13-7-5-12(6-8-13)16(19)20-23-11-14-9-10-15(24-14)17(21)22-4/h5-10H,11H2,1-4H3,(H2,19,20). The van der Waals surface area contributed by atoms with E-state index in [0.29, 0.717) is 5.76 Å². The van der Waals surface area contributed by atoms with E-state index in [1.807, 2.05) is 24.3 Å². The van der Waals surface area contributed by atoms with Gasteiger partial charge in [-0.3, -0.25) is 0 Å². The Morgan fingerprint density at radius 1 is 1.17 bits per heavy atom. The van der Waals surface area contributed by atoms with Crippen molar-refractivity contribution in [1.82, 2.24) is 0 Å². The van der Waals surface area contributed by atoms with Crippen LogP contribution in [0.2, 0.25) is 0 Å². The predicted octanol–water partition coefficient (Wildman–Crippen LogP) is 3.20. The Kier molecular flexibility index (Phi) is 5.28. The summed E-state index contributed by atoms with van der Waals surface area (Å²) < 4.78 is 9.83. The van der Waals surface area contributed by atoms with Crippen LogP contribution in [0.3, 0.4) is 0 Å². The molecule has 0 atom stereocenters. The number of hydrogen-bond acceptors (Lipinski definition) is 5. The van der Waals surface area contributed by atoms with Gasteiger partial charge in [0.05, 0.1) is 7.11 Å². The van der Waals surface area contributed by atoms with E-state index < -0.39 is 5.97 Å². The molecule has 0 unspecified atom stereocenters. The molecule has 0 amide bonds. The van der Waals surface area contributed by atoms with Crippen LogP contribution in [-0.4, -0.2) is 18.9 Å². The van der Waals surface area contributed by atoms with Gasteiger partial charge in [-0.05, 0) is 23.1 Å². The first kappa shape index (κ1) is 17.6. The van der Waals surface area contributed by atoms with Gasteiger partial charge in [-0.15, -0.1) is 0 Å². The van der Waals surface area contributed by atoms with Crippen LogP contribution in [0.1, 0.15) is 48.2 Å². The number of ether oxygens (including phenoxy) is 1. The zero-order valence-electron chi connectivity index (χ0n) is 14.3. The number of benzene rings is 1. The first-order chi connectivity index (χ1) is 11.3. The summed E-state index contributed by atoms with van der Waals surface area (Å²) in [7, 11) is 1.29. The fourth-order valence-corrected chi connectivity index (χ4v) is 2.02. The highest BCUT2D eigenvalue weighted by molar-refractivity contribution is 5.97.